The van der Waals surface area contributed by atoms with Crippen LogP contribution in [0.5, 0.6) is 0 Å². The summed E-state index contributed by atoms with van der Waals surface area (Å²) in [6.45, 7) is 7.21. The minimum Gasteiger partial charge on any atom is -0.376 e. The predicted molar refractivity (Wildman–Crippen MR) is 117 cm³/mol. The highest BCUT2D eigenvalue weighted by Gasteiger charge is 2.36. The number of piperazine rings is 1. The summed E-state index contributed by atoms with van der Waals surface area (Å²) in [6.07, 6.45) is 2.44. The molecular weight excluding hydrogens is 388 g/mol. The van der Waals surface area contributed by atoms with Crippen molar-refractivity contribution in [2.24, 2.45) is 0 Å². The van der Waals surface area contributed by atoms with Crippen molar-refractivity contribution in [2.45, 2.75) is 38.1 Å². The zero-order chi connectivity index (χ0) is 20.9. The number of tetrazole rings is 1. The summed E-state index contributed by atoms with van der Waals surface area (Å²) in [5, 5.41) is 12.9. The van der Waals surface area contributed by atoms with Crippen LogP contribution in [-0.4, -0.2) is 59.1 Å². The molecule has 0 saturated carbocycles. The molecule has 2 aromatic carbocycles. The van der Waals surface area contributed by atoms with E-state index in [2.05, 4.69) is 76.2 Å². The molecule has 2 atom stereocenters. The van der Waals surface area contributed by atoms with Gasteiger partial charge in [-0.1, -0.05) is 60.7 Å². The van der Waals surface area contributed by atoms with Gasteiger partial charge in [0.2, 0.25) is 5.82 Å². The third kappa shape index (κ3) is 4.84. The molecule has 0 radical (unpaired) electrons. The second-order valence-electron chi connectivity index (χ2n) is 8.77. The minimum atomic E-state index is 0.149. The van der Waals surface area contributed by atoms with Gasteiger partial charge in [-0.25, -0.2) is 4.68 Å². The van der Waals surface area contributed by atoms with Crippen LogP contribution in [0.3, 0.4) is 0 Å². The summed E-state index contributed by atoms with van der Waals surface area (Å²) in [5.74, 6) is 0.961. The maximum absolute atomic E-state index is 5.86. The minimum absolute atomic E-state index is 0.149. The molecule has 162 valence electrons. The monoisotopic (exact) mass is 420 g/mol. The molecule has 2 aliphatic heterocycles. The molecule has 2 N–H and O–H groups in total. The molecule has 0 unspecified atom stereocenters. The van der Waals surface area contributed by atoms with Crippen LogP contribution in [0.2, 0.25) is 0 Å². The van der Waals surface area contributed by atoms with Gasteiger partial charge in [-0.2, -0.15) is 0 Å². The Labute approximate surface area is 183 Å². The Balaban J connectivity index is 1.33. The molecule has 1 aromatic heterocycles. The number of benzene rings is 2. The number of aromatic nitrogens is 4. The van der Waals surface area contributed by atoms with Gasteiger partial charge >= 0.3 is 0 Å². The summed E-state index contributed by atoms with van der Waals surface area (Å²) in [7, 11) is 0. The van der Waals surface area contributed by atoms with Crippen molar-refractivity contribution in [1.82, 2.24) is 20.2 Å². The molecule has 2 aliphatic rings. The van der Waals surface area contributed by atoms with E-state index in [-0.39, 0.29) is 12.1 Å². The molecular formula is C24H32N6O+2. The SMILES string of the molecule is c1ccc(C[NH+]2CC[NH+]([C@@H](c3ccccc3)c3nnnn3C[C@@H]3CCCO3)CC2)cc1. The van der Waals surface area contributed by atoms with Crippen molar-refractivity contribution in [3.05, 3.63) is 77.6 Å². The normalized spacial score (nSPS) is 24.8. The maximum Gasteiger partial charge on any atom is 0.214 e. The van der Waals surface area contributed by atoms with Crippen LogP contribution >= 0.6 is 0 Å². The van der Waals surface area contributed by atoms with E-state index in [0.717, 1.165) is 64.5 Å². The van der Waals surface area contributed by atoms with Gasteiger partial charge in [0.1, 0.15) is 32.7 Å². The zero-order valence-electron chi connectivity index (χ0n) is 18.0. The lowest BCUT2D eigenvalue weighted by Gasteiger charge is -2.34. The number of rotatable bonds is 7. The predicted octanol–water partition coefficient (Wildman–Crippen LogP) is -0.0749. The number of nitrogens with one attached hydrogen (secondary N) is 2. The Morgan fingerprint density at radius 2 is 1.71 bits per heavy atom. The van der Waals surface area contributed by atoms with Crippen molar-refractivity contribution in [3.63, 3.8) is 0 Å². The Kier molecular flexibility index (Phi) is 6.34. The van der Waals surface area contributed by atoms with Crippen LogP contribution < -0.4 is 9.80 Å². The molecule has 7 nitrogen and oxygen atoms in total. The maximum atomic E-state index is 5.86. The van der Waals surface area contributed by atoms with Gasteiger partial charge in [-0.3, -0.25) is 0 Å². The fourth-order valence-corrected chi connectivity index (χ4v) is 5.02. The first-order chi connectivity index (χ1) is 15.4. The average Bonchev–Trinajstić information content (AvgIpc) is 3.50. The van der Waals surface area contributed by atoms with Crippen molar-refractivity contribution < 1.29 is 14.5 Å². The summed E-state index contributed by atoms with van der Waals surface area (Å²) < 4.78 is 7.85. The first kappa shape index (κ1) is 20.3. The van der Waals surface area contributed by atoms with Crippen molar-refractivity contribution in [1.29, 1.82) is 0 Å². The number of nitrogens with zero attached hydrogens (tertiary/aromatic N) is 4. The van der Waals surface area contributed by atoms with Gasteiger partial charge in [0.25, 0.3) is 0 Å². The first-order valence-electron chi connectivity index (χ1n) is 11.5. The smallest absolute Gasteiger partial charge is 0.214 e. The third-order valence-corrected chi connectivity index (χ3v) is 6.66. The van der Waals surface area contributed by atoms with Gasteiger partial charge in [-0.05, 0) is 23.3 Å². The van der Waals surface area contributed by atoms with E-state index in [4.69, 9.17) is 4.74 Å². The average molecular weight is 421 g/mol. The van der Waals surface area contributed by atoms with E-state index < -0.39 is 0 Å². The lowest BCUT2D eigenvalue weighted by molar-refractivity contribution is -1.03. The first-order valence-corrected chi connectivity index (χ1v) is 11.5. The van der Waals surface area contributed by atoms with Gasteiger partial charge in [-0.15, -0.1) is 5.10 Å². The van der Waals surface area contributed by atoms with Crippen LogP contribution in [0, 0.1) is 0 Å². The molecule has 3 aromatic rings. The van der Waals surface area contributed by atoms with Gasteiger partial charge in [0.05, 0.1) is 12.6 Å². The standard InChI is InChI=1S/C24H30N6O/c1-3-8-20(9-4-1)18-28-13-15-29(16-14-28)23(21-10-5-2-6-11-21)24-25-26-27-30(24)19-22-12-7-17-31-22/h1-6,8-11,22-23H,7,12-19H2/p+2/t22-,23-/m0/s1. The molecule has 31 heavy (non-hydrogen) atoms. The second kappa shape index (κ2) is 9.68. The van der Waals surface area contributed by atoms with Crippen LogP contribution in [0.4, 0.5) is 0 Å². The molecule has 2 saturated heterocycles. The molecule has 0 bridgehead atoms. The molecule has 2 fully saturated rings. The van der Waals surface area contributed by atoms with Crippen LogP contribution in [0.25, 0.3) is 0 Å². The number of hydrogen-bond donors (Lipinski definition) is 2. The molecule has 3 heterocycles. The number of quaternary nitrogens is 2. The Hall–Kier alpha value is -2.61. The summed E-state index contributed by atoms with van der Waals surface area (Å²) in [4.78, 5) is 3.20. The highest BCUT2D eigenvalue weighted by Crippen LogP contribution is 2.19. The van der Waals surface area contributed by atoms with E-state index in [1.54, 1.807) is 9.80 Å². The molecule has 7 heteroatoms. The van der Waals surface area contributed by atoms with Gasteiger partial charge in [0.15, 0.2) is 6.04 Å². The molecule has 5 rings (SSSR count). The van der Waals surface area contributed by atoms with Crippen LogP contribution in [-0.2, 0) is 17.8 Å². The quantitative estimate of drug-likeness (QED) is 0.562. The molecule has 0 spiro atoms. The largest absolute Gasteiger partial charge is 0.376 e. The third-order valence-electron chi connectivity index (χ3n) is 6.66. The highest BCUT2D eigenvalue weighted by atomic mass is 16.5. The van der Waals surface area contributed by atoms with Crippen molar-refractivity contribution in [3.8, 4) is 0 Å². The van der Waals surface area contributed by atoms with E-state index in [9.17, 15) is 0 Å². The fraction of sp³-hybridized carbons (Fsp3) is 0.458. The zero-order valence-corrected chi connectivity index (χ0v) is 18.0. The summed E-state index contributed by atoms with van der Waals surface area (Å²) in [6, 6.07) is 21.7. The topological polar surface area (TPSA) is 61.7 Å². The second-order valence-corrected chi connectivity index (χ2v) is 8.77. The number of hydrogen-bond acceptors (Lipinski definition) is 4. The van der Waals surface area contributed by atoms with E-state index in [1.807, 2.05) is 4.68 Å². The van der Waals surface area contributed by atoms with E-state index in [0.29, 0.717) is 0 Å². The lowest BCUT2D eigenvalue weighted by atomic mass is 10.0. The molecule has 0 amide bonds. The van der Waals surface area contributed by atoms with Gasteiger partial charge in [0, 0.05) is 17.7 Å². The Bertz CT molecular complexity index is 933. The van der Waals surface area contributed by atoms with Gasteiger partial charge < -0.3 is 14.5 Å². The fourth-order valence-electron chi connectivity index (χ4n) is 5.02. The van der Waals surface area contributed by atoms with Crippen LogP contribution in [0.15, 0.2) is 60.7 Å². The van der Waals surface area contributed by atoms with Crippen LogP contribution in [0.1, 0.15) is 35.8 Å². The summed E-state index contributed by atoms with van der Waals surface area (Å²) >= 11 is 0. The molecule has 0 aliphatic carbocycles. The Morgan fingerprint density at radius 1 is 0.968 bits per heavy atom. The lowest BCUT2D eigenvalue weighted by Crippen LogP contribution is -3.27. The van der Waals surface area contributed by atoms with E-state index in [1.165, 1.54) is 11.1 Å². The van der Waals surface area contributed by atoms with Crippen molar-refractivity contribution in [2.75, 3.05) is 32.8 Å². The van der Waals surface area contributed by atoms with E-state index >= 15 is 0 Å². The van der Waals surface area contributed by atoms with Crippen molar-refractivity contribution >= 4 is 0 Å². The number of ether oxygens (including phenoxy) is 1. The highest BCUT2D eigenvalue weighted by molar-refractivity contribution is 5.22. The summed E-state index contributed by atoms with van der Waals surface area (Å²) in [5.41, 5.74) is 2.70. The Morgan fingerprint density at radius 3 is 2.42 bits per heavy atom.